The largest absolute Gasteiger partial charge is 0.354 e. The summed E-state index contributed by atoms with van der Waals surface area (Å²) < 4.78 is 26.3. The first-order chi connectivity index (χ1) is 17.1. The van der Waals surface area contributed by atoms with Gasteiger partial charge in [-0.1, -0.05) is 70.2 Å². The quantitative estimate of drug-likeness (QED) is 0.405. The maximum absolute atomic E-state index is 13.4. The van der Waals surface area contributed by atoms with Crippen LogP contribution in [0.2, 0.25) is 0 Å². The molecule has 0 heterocycles. The van der Waals surface area contributed by atoms with Gasteiger partial charge in [-0.05, 0) is 48.4 Å². The van der Waals surface area contributed by atoms with Gasteiger partial charge in [0.05, 0.1) is 11.9 Å². The van der Waals surface area contributed by atoms with Crippen LogP contribution in [0.5, 0.6) is 0 Å². The number of sulfonamides is 1. The van der Waals surface area contributed by atoms with E-state index in [1.54, 1.807) is 17.0 Å². The molecule has 2 amide bonds. The highest BCUT2D eigenvalue weighted by molar-refractivity contribution is 7.92. The van der Waals surface area contributed by atoms with Gasteiger partial charge in [-0.15, -0.1) is 0 Å². The first-order valence-corrected chi connectivity index (χ1v) is 14.6. The molecule has 0 saturated heterocycles. The van der Waals surface area contributed by atoms with E-state index in [0.29, 0.717) is 37.5 Å². The minimum atomic E-state index is -3.51. The summed E-state index contributed by atoms with van der Waals surface area (Å²) in [5.74, 6) is -0.0254. The second-order valence-corrected chi connectivity index (χ2v) is 11.4. The van der Waals surface area contributed by atoms with Crippen LogP contribution < -0.4 is 9.62 Å². The van der Waals surface area contributed by atoms with E-state index in [1.165, 1.54) is 10.6 Å². The van der Waals surface area contributed by atoms with Gasteiger partial charge < -0.3 is 10.2 Å². The van der Waals surface area contributed by atoms with Crippen molar-refractivity contribution < 1.29 is 18.0 Å². The Balaban J connectivity index is 2.17. The average molecular weight is 516 g/mol. The van der Waals surface area contributed by atoms with Crippen LogP contribution in [-0.4, -0.2) is 50.5 Å². The molecule has 2 rings (SSSR count). The molecule has 0 aromatic heterocycles. The van der Waals surface area contributed by atoms with Crippen molar-refractivity contribution in [3.05, 3.63) is 65.7 Å². The number of nitrogens with zero attached hydrogens (tertiary/aromatic N) is 2. The van der Waals surface area contributed by atoms with Crippen LogP contribution in [0, 0.1) is 5.92 Å². The summed E-state index contributed by atoms with van der Waals surface area (Å²) in [6.45, 7) is 9.05. The van der Waals surface area contributed by atoms with Gasteiger partial charge in [0, 0.05) is 26.1 Å². The molecule has 1 N–H and O–H groups in total. The topological polar surface area (TPSA) is 86.8 Å². The van der Waals surface area contributed by atoms with Gasteiger partial charge in [0.15, 0.2) is 0 Å². The first kappa shape index (κ1) is 29.4. The predicted molar refractivity (Wildman–Crippen MR) is 146 cm³/mol. The number of hydrogen-bond donors (Lipinski definition) is 1. The summed E-state index contributed by atoms with van der Waals surface area (Å²) in [5, 5.41) is 2.96. The zero-order valence-corrected chi connectivity index (χ0v) is 23.1. The van der Waals surface area contributed by atoms with E-state index in [4.69, 9.17) is 0 Å². The van der Waals surface area contributed by atoms with E-state index < -0.39 is 16.1 Å². The average Bonchev–Trinajstić information content (AvgIpc) is 2.85. The third kappa shape index (κ3) is 8.97. The van der Waals surface area contributed by atoms with E-state index >= 15 is 0 Å². The number of anilines is 1. The number of nitrogens with one attached hydrogen (secondary N) is 1. The molecule has 2 aromatic carbocycles. The summed E-state index contributed by atoms with van der Waals surface area (Å²) in [4.78, 5) is 28.0. The van der Waals surface area contributed by atoms with Gasteiger partial charge in [-0.2, -0.15) is 0 Å². The summed E-state index contributed by atoms with van der Waals surface area (Å²) >= 11 is 0. The van der Waals surface area contributed by atoms with Crippen LogP contribution in [-0.2, 0) is 32.6 Å². The molecule has 0 saturated carbocycles. The lowest BCUT2D eigenvalue weighted by Crippen LogP contribution is -2.49. The molecule has 1 atom stereocenters. The Bertz CT molecular complexity index is 1070. The third-order valence-corrected chi connectivity index (χ3v) is 7.25. The molecular weight excluding hydrogens is 474 g/mol. The number of benzene rings is 2. The fourth-order valence-electron chi connectivity index (χ4n) is 4.02. The number of amides is 2. The van der Waals surface area contributed by atoms with E-state index in [-0.39, 0.29) is 24.8 Å². The number of rotatable bonds is 14. The second kappa shape index (κ2) is 14.0. The number of carbonyl (C=O) groups excluding carboxylic acids is 2. The summed E-state index contributed by atoms with van der Waals surface area (Å²) in [5.41, 5.74) is 2.65. The predicted octanol–water partition coefficient (Wildman–Crippen LogP) is 4.37. The zero-order chi connectivity index (χ0) is 26.7. The molecule has 0 bridgehead atoms. The summed E-state index contributed by atoms with van der Waals surface area (Å²) in [7, 11) is -3.51. The van der Waals surface area contributed by atoms with Crippen molar-refractivity contribution in [2.45, 2.75) is 66.0 Å². The number of hydrogen-bond acceptors (Lipinski definition) is 4. The number of carbonyl (C=O) groups is 2. The van der Waals surface area contributed by atoms with Crippen LogP contribution in [0.25, 0.3) is 0 Å². The second-order valence-electron chi connectivity index (χ2n) is 9.53. The Hall–Kier alpha value is -2.87. The first-order valence-electron chi connectivity index (χ1n) is 12.7. The molecule has 0 radical (unpaired) electrons. The highest BCUT2D eigenvalue weighted by atomic mass is 32.2. The zero-order valence-electron chi connectivity index (χ0n) is 22.2. The van der Waals surface area contributed by atoms with Crippen molar-refractivity contribution in [1.29, 1.82) is 0 Å². The maximum atomic E-state index is 13.4. The van der Waals surface area contributed by atoms with Gasteiger partial charge >= 0.3 is 0 Å². The van der Waals surface area contributed by atoms with E-state index in [1.807, 2.05) is 70.2 Å². The fraction of sp³-hybridized carbons (Fsp3) is 0.500. The van der Waals surface area contributed by atoms with Crippen molar-refractivity contribution >= 4 is 27.5 Å². The molecule has 36 heavy (non-hydrogen) atoms. The molecule has 0 spiro atoms. The lowest BCUT2D eigenvalue weighted by Gasteiger charge is -2.31. The Kier molecular flexibility index (Phi) is 11.4. The van der Waals surface area contributed by atoms with Crippen LogP contribution in [0.1, 0.15) is 58.1 Å². The van der Waals surface area contributed by atoms with Gasteiger partial charge in [-0.25, -0.2) is 8.42 Å². The molecule has 0 fully saturated rings. The van der Waals surface area contributed by atoms with Gasteiger partial charge in [-0.3, -0.25) is 13.9 Å². The molecule has 0 aliphatic carbocycles. The van der Waals surface area contributed by atoms with Crippen LogP contribution >= 0.6 is 0 Å². The van der Waals surface area contributed by atoms with Gasteiger partial charge in [0.25, 0.3) is 0 Å². The Labute approximate surface area is 216 Å². The van der Waals surface area contributed by atoms with Crippen molar-refractivity contribution in [2.24, 2.45) is 5.92 Å². The van der Waals surface area contributed by atoms with Gasteiger partial charge in [0.2, 0.25) is 21.8 Å². The summed E-state index contributed by atoms with van der Waals surface area (Å²) in [6, 6.07) is 16.4. The summed E-state index contributed by atoms with van der Waals surface area (Å²) in [6.07, 6.45) is 3.02. The number of aryl methyl sites for hydroxylation is 1. The smallest absolute Gasteiger partial charge is 0.242 e. The molecule has 198 valence electrons. The van der Waals surface area contributed by atoms with Crippen molar-refractivity contribution in [3.63, 3.8) is 0 Å². The minimum Gasteiger partial charge on any atom is -0.354 e. The normalized spacial score (nSPS) is 12.3. The molecule has 1 unspecified atom stereocenters. The van der Waals surface area contributed by atoms with Crippen molar-refractivity contribution in [3.8, 4) is 0 Å². The van der Waals surface area contributed by atoms with Crippen molar-refractivity contribution in [1.82, 2.24) is 10.2 Å². The SMILES string of the molecule is CCc1ccc(N(CCCC(=O)N(Cc2ccccc2)C(CC)C(=O)NCC(C)C)S(C)(=O)=O)cc1. The molecular formula is C28H41N3O4S. The van der Waals surface area contributed by atoms with E-state index in [0.717, 1.165) is 17.5 Å². The Morgan fingerprint density at radius 1 is 0.944 bits per heavy atom. The highest BCUT2D eigenvalue weighted by Crippen LogP contribution is 2.20. The molecule has 2 aromatic rings. The standard InChI is InChI=1S/C28H41N3O4S/c1-6-23-15-17-25(18-16-23)31(36(5,34)35)19-11-14-27(32)30(21-24-12-9-8-10-13-24)26(7-2)28(33)29-20-22(3)4/h8-10,12-13,15-18,22,26H,6-7,11,14,19-21H2,1-5H3,(H,29,33). The monoisotopic (exact) mass is 515 g/mol. The Morgan fingerprint density at radius 3 is 2.11 bits per heavy atom. The van der Waals surface area contributed by atoms with E-state index in [9.17, 15) is 18.0 Å². The molecule has 0 aliphatic rings. The van der Waals surface area contributed by atoms with Gasteiger partial charge in [0.1, 0.15) is 6.04 Å². The molecule has 8 heteroatoms. The third-order valence-electron chi connectivity index (χ3n) is 6.05. The van der Waals surface area contributed by atoms with Crippen molar-refractivity contribution in [2.75, 3.05) is 23.7 Å². The highest BCUT2D eigenvalue weighted by Gasteiger charge is 2.28. The van der Waals surface area contributed by atoms with Crippen LogP contribution in [0.15, 0.2) is 54.6 Å². The van der Waals surface area contributed by atoms with E-state index in [2.05, 4.69) is 5.32 Å². The lowest BCUT2D eigenvalue weighted by molar-refractivity contribution is -0.141. The minimum absolute atomic E-state index is 0.139. The van der Waals surface area contributed by atoms with Crippen LogP contribution in [0.3, 0.4) is 0 Å². The maximum Gasteiger partial charge on any atom is 0.242 e. The Morgan fingerprint density at radius 2 is 1.58 bits per heavy atom. The van der Waals surface area contributed by atoms with Crippen LogP contribution in [0.4, 0.5) is 5.69 Å². The molecule has 7 nitrogen and oxygen atoms in total. The fourth-order valence-corrected chi connectivity index (χ4v) is 4.99. The lowest BCUT2D eigenvalue weighted by atomic mass is 10.1. The molecule has 0 aliphatic heterocycles.